The first-order valence-corrected chi connectivity index (χ1v) is 9.39. The van der Waals surface area contributed by atoms with Gasteiger partial charge >= 0.3 is 0 Å². The Morgan fingerprint density at radius 1 is 1.15 bits per heavy atom. The molecule has 0 saturated heterocycles. The molecule has 2 saturated carbocycles. The van der Waals surface area contributed by atoms with E-state index in [4.69, 9.17) is 9.47 Å². The number of hydrogen-bond donors (Lipinski definition) is 2. The summed E-state index contributed by atoms with van der Waals surface area (Å²) in [6.45, 7) is 4.35. The van der Waals surface area contributed by atoms with E-state index in [-0.39, 0.29) is 24.0 Å². The minimum atomic E-state index is 0. The van der Waals surface area contributed by atoms with Crippen molar-refractivity contribution in [3.05, 3.63) is 23.8 Å². The molecule has 144 valence electrons. The molecule has 0 amide bonds. The third-order valence-electron chi connectivity index (χ3n) is 5.06. The second-order valence-electron chi connectivity index (χ2n) is 7.21. The lowest BCUT2D eigenvalue weighted by Crippen LogP contribution is -2.42. The van der Waals surface area contributed by atoms with Gasteiger partial charge in [0, 0.05) is 39.3 Å². The lowest BCUT2D eigenvalue weighted by molar-refractivity contribution is 0.174. The highest BCUT2D eigenvalue weighted by molar-refractivity contribution is 14.0. The van der Waals surface area contributed by atoms with Gasteiger partial charge in [-0.25, -0.2) is 0 Å². The van der Waals surface area contributed by atoms with Gasteiger partial charge in [-0.05, 0) is 49.3 Å². The average Bonchev–Trinajstić information content (AvgIpc) is 3.55. The fourth-order valence-corrected chi connectivity index (χ4v) is 3.27. The number of rotatable bonds is 8. The normalized spacial score (nSPS) is 18.6. The van der Waals surface area contributed by atoms with Crippen molar-refractivity contribution in [1.29, 1.82) is 0 Å². The van der Waals surface area contributed by atoms with Gasteiger partial charge < -0.3 is 20.1 Å². The number of nitrogens with zero attached hydrogens (tertiary/aromatic N) is 2. The molecule has 0 aromatic heterocycles. The lowest BCUT2D eigenvalue weighted by atomic mass is 10.2. The predicted octanol–water partition coefficient (Wildman–Crippen LogP) is 2.57. The van der Waals surface area contributed by atoms with E-state index in [0.717, 1.165) is 48.1 Å². The molecule has 0 bridgehead atoms. The number of benzene rings is 1. The van der Waals surface area contributed by atoms with Gasteiger partial charge in [0.05, 0.1) is 0 Å². The van der Waals surface area contributed by atoms with Gasteiger partial charge in [-0.2, -0.15) is 0 Å². The number of fused-ring (bicyclic) bond motifs is 1. The Labute approximate surface area is 172 Å². The molecule has 0 radical (unpaired) electrons. The summed E-state index contributed by atoms with van der Waals surface area (Å²) in [7, 11) is 1.82. The first-order chi connectivity index (χ1) is 12.3. The SMILES string of the molecule is CN=C(NCCN(CC1CC1)C1CC1)NCc1ccc2c(c1)OCO2.I. The van der Waals surface area contributed by atoms with Gasteiger partial charge in [0.25, 0.3) is 0 Å². The topological polar surface area (TPSA) is 58.1 Å². The third-order valence-corrected chi connectivity index (χ3v) is 5.06. The van der Waals surface area contributed by atoms with Crippen LogP contribution in [-0.2, 0) is 6.54 Å². The molecule has 1 aromatic carbocycles. The van der Waals surface area contributed by atoms with E-state index >= 15 is 0 Å². The number of nitrogens with one attached hydrogen (secondary N) is 2. The van der Waals surface area contributed by atoms with Gasteiger partial charge in [0.1, 0.15) is 0 Å². The summed E-state index contributed by atoms with van der Waals surface area (Å²) in [4.78, 5) is 6.99. The van der Waals surface area contributed by atoms with Crippen LogP contribution in [-0.4, -0.2) is 50.4 Å². The van der Waals surface area contributed by atoms with Crippen molar-refractivity contribution in [3.8, 4) is 11.5 Å². The Morgan fingerprint density at radius 3 is 2.69 bits per heavy atom. The third kappa shape index (κ3) is 5.39. The van der Waals surface area contributed by atoms with Gasteiger partial charge in [-0.15, -0.1) is 24.0 Å². The maximum atomic E-state index is 5.43. The molecule has 0 spiro atoms. The van der Waals surface area contributed by atoms with Crippen molar-refractivity contribution in [2.45, 2.75) is 38.3 Å². The molecular weight excluding hydrogens is 443 g/mol. The van der Waals surface area contributed by atoms with Crippen LogP contribution in [0.25, 0.3) is 0 Å². The quantitative estimate of drug-likeness (QED) is 0.346. The van der Waals surface area contributed by atoms with Crippen LogP contribution in [0.4, 0.5) is 0 Å². The minimum absolute atomic E-state index is 0. The van der Waals surface area contributed by atoms with E-state index in [1.54, 1.807) is 0 Å². The van der Waals surface area contributed by atoms with Gasteiger partial charge in [-0.1, -0.05) is 6.07 Å². The Kier molecular flexibility index (Phi) is 6.86. The monoisotopic (exact) mass is 472 g/mol. The minimum Gasteiger partial charge on any atom is -0.454 e. The molecule has 26 heavy (non-hydrogen) atoms. The highest BCUT2D eigenvalue weighted by atomic mass is 127. The average molecular weight is 472 g/mol. The summed E-state index contributed by atoms with van der Waals surface area (Å²) in [5.41, 5.74) is 1.15. The molecule has 1 aliphatic heterocycles. The number of halogens is 1. The molecule has 6 nitrogen and oxygen atoms in total. The second-order valence-corrected chi connectivity index (χ2v) is 7.21. The molecule has 2 N–H and O–H groups in total. The zero-order chi connectivity index (χ0) is 17.1. The Bertz CT molecular complexity index is 632. The van der Waals surface area contributed by atoms with Crippen molar-refractivity contribution in [1.82, 2.24) is 15.5 Å². The molecule has 4 rings (SSSR count). The van der Waals surface area contributed by atoms with E-state index in [9.17, 15) is 0 Å². The van der Waals surface area contributed by atoms with E-state index in [2.05, 4.69) is 26.6 Å². The smallest absolute Gasteiger partial charge is 0.231 e. The predicted molar refractivity (Wildman–Crippen MR) is 114 cm³/mol. The molecule has 2 fully saturated rings. The molecule has 3 aliphatic rings. The first-order valence-electron chi connectivity index (χ1n) is 9.39. The summed E-state index contributed by atoms with van der Waals surface area (Å²) in [6.07, 6.45) is 5.61. The number of aliphatic imine (C=N–C) groups is 1. The molecule has 0 atom stereocenters. The van der Waals surface area contributed by atoms with Crippen molar-refractivity contribution in [2.75, 3.05) is 33.5 Å². The van der Waals surface area contributed by atoms with Crippen molar-refractivity contribution < 1.29 is 9.47 Å². The van der Waals surface area contributed by atoms with Crippen LogP contribution in [0.2, 0.25) is 0 Å². The Morgan fingerprint density at radius 2 is 1.96 bits per heavy atom. The van der Waals surface area contributed by atoms with Crippen LogP contribution in [0.5, 0.6) is 11.5 Å². The highest BCUT2D eigenvalue weighted by Crippen LogP contribution is 2.34. The largest absolute Gasteiger partial charge is 0.454 e. The lowest BCUT2D eigenvalue weighted by Gasteiger charge is -2.22. The van der Waals surface area contributed by atoms with Crippen molar-refractivity contribution in [3.63, 3.8) is 0 Å². The highest BCUT2D eigenvalue weighted by Gasteiger charge is 2.33. The standard InChI is InChI=1S/C19H28N4O2.HI/c1-20-19(21-8-9-23(16-5-6-16)12-14-2-3-14)22-11-15-4-7-17-18(10-15)25-13-24-17;/h4,7,10,14,16H,2-3,5-6,8-9,11-13H2,1H3,(H2,20,21,22);1H. The van der Waals surface area contributed by atoms with Crippen LogP contribution >= 0.6 is 24.0 Å². The second kappa shape index (κ2) is 9.12. The summed E-state index contributed by atoms with van der Waals surface area (Å²) in [6, 6.07) is 6.87. The Balaban J connectivity index is 0.00000196. The van der Waals surface area contributed by atoms with Crippen LogP contribution in [0.15, 0.2) is 23.2 Å². The van der Waals surface area contributed by atoms with E-state index < -0.39 is 0 Å². The zero-order valence-corrected chi connectivity index (χ0v) is 17.7. The fourth-order valence-electron chi connectivity index (χ4n) is 3.27. The van der Waals surface area contributed by atoms with Crippen LogP contribution in [0.1, 0.15) is 31.2 Å². The molecule has 7 heteroatoms. The van der Waals surface area contributed by atoms with E-state index in [1.165, 1.54) is 32.2 Å². The number of ether oxygens (including phenoxy) is 2. The van der Waals surface area contributed by atoms with E-state index in [1.807, 2.05) is 19.2 Å². The van der Waals surface area contributed by atoms with Crippen LogP contribution in [0, 0.1) is 5.92 Å². The molecule has 2 aliphatic carbocycles. The first kappa shape index (κ1) is 19.5. The molecular formula is C19H29IN4O2. The summed E-state index contributed by atoms with van der Waals surface area (Å²) >= 11 is 0. The Hall–Kier alpha value is -1.22. The zero-order valence-electron chi connectivity index (χ0n) is 15.4. The molecule has 0 unspecified atom stereocenters. The number of hydrogen-bond acceptors (Lipinski definition) is 4. The van der Waals surface area contributed by atoms with Gasteiger partial charge in [0.15, 0.2) is 17.5 Å². The molecule has 1 aromatic rings. The molecule has 1 heterocycles. The summed E-state index contributed by atoms with van der Waals surface area (Å²) in [5.74, 6) is 3.45. The summed E-state index contributed by atoms with van der Waals surface area (Å²) < 4.78 is 10.8. The maximum absolute atomic E-state index is 5.43. The van der Waals surface area contributed by atoms with Crippen molar-refractivity contribution in [2.24, 2.45) is 10.9 Å². The van der Waals surface area contributed by atoms with E-state index in [0.29, 0.717) is 13.3 Å². The van der Waals surface area contributed by atoms with Crippen LogP contribution < -0.4 is 20.1 Å². The number of guanidine groups is 1. The van der Waals surface area contributed by atoms with Gasteiger partial charge in [0.2, 0.25) is 6.79 Å². The van der Waals surface area contributed by atoms with Gasteiger partial charge in [-0.3, -0.25) is 9.89 Å². The fraction of sp³-hybridized carbons (Fsp3) is 0.632. The van der Waals surface area contributed by atoms with Crippen molar-refractivity contribution >= 4 is 29.9 Å². The maximum Gasteiger partial charge on any atom is 0.231 e. The summed E-state index contributed by atoms with van der Waals surface area (Å²) in [5, 5.41) is 6.81. The van der Waals surface area contributed by atoms with Crippen LogP contribution in [0.3, 0.4) is 0 Å².